The van der Waals surface area contributed by atoms with E-state index in [0.717, 1.165) is 56.7 Å². The fraction of sp³-hybridized carbons (Fsp3) is 0.485. The largest absolute Gasteiger partial charge is 0.393 e. The molecule has 10 nitrogen and oxygen atoms in total. The molecule has 3 heterocycles. The summed E-state index contributed by atoms with van der Waals surface area (Å²) in [4.78, 5) is 29.7. The van der Waals surface area contributed by atoms with Crippen LogP contribution in [-0.4, -0.2) is 95.3 Å². The summed E-state index contributed by atoms with van der Waals surface area (Å²) in [6, 6.07) is 18.7. The van der Waals surface area contributed by atoms with E-state index in [1.807, 2.05) is 42.5 Å². The van der Waals surface area contributed by atoms with E-state index in [4.69, 9.17) is 15.7 Å². The molecule has 3 fully saturated rings. The lowest BCUT2D eigenvalue weighted by molar-refractivity contribution is 0.0982. The molecule has 6 rings (SSSR count). The maximum Gasteiger partial charge on any atom is 0.271 e. The maximum atomic E-state index is 12.6. The zero-order valence-electron chi connectivity index (χ0n) is 25.1. The number of carbonyl (C=O) groups excluding carboxylic acids is 1. The number of aliphatic hydroxyl groups excluding tert-OH is 1. The third-order valence-electron chi connectivity index (χ3n) is 9.18. The number of benzene rings is 2. The van der Waals surface area contributed by atoms with E-state index in [2.05, 4.69) is 44.5 Å². The minimum absolute atomic E-state index is 0.0625. The van der Waals surface area contributed by atoms with Crippen LogP contribution in [0.15, 0.2) is 54.6 Å². The Labute approximate surface area is 254 Å². The molecule has 10 heteroatoms. The number of piperidine rings is 1. The lowest BCUT2D eigenvalue weighted by Crippen LogP contribution is -2.52. The molecule has 2 aromatic carbocycles. The summed E-state index contributed by atoms with van der Waals surface area (Å²) < 4.78 is 0. The molecule has 2 saturated heterocycles. The standard InChI is InChI=1S/C33H44N8O2/c1-39-18-20-41(21-19-39)27-14-16-40(17-15-27)26-12-10-24(11-13-26)35-33-30(31(34)43)37-29(23-6-3-2-4-7-23)32(38-33)36-25-8-5-9-28(42)22-25/h2-4,6-7,10-13,25,27-28,42H,5,8-9,14-22H2,1H3,(H2,34,43)(H2,35,36,38)/t25-,28+/m0/s1. The summed E-state index contributed by atoms with van der Waals surface area (Å²) >= 11 is 0. The second-order valence-electron chi connectivity index (χ2n) is 12.2. The topological polar surface area (TPSA) is 123 Å². The van der Waals surface area contributed by atoms with Gasteiger partial charge in [-0.15, -0.1) is 0 Å². The molecule has 3 aromatic rings. The van der Waals surface area contributed by atoms with Crippen LogP contribution in [0, 0.1) is 0 Å². The van der Waals surface area contributed by atoms with Gasteiger partial charge in [0.2, 0.25) is 0 Å². The number of aliphatic hydroxyl groups is 1. The summed E-state index contributed by atoms with van der Waals surface area (Å²) in [7, 11) is 2.21. The molecular formula is C33H44N8O2. The first-order valence-corrected chi connectivity index (χ1v) is 15.7. The fourth-order valence-electron chi connectivity index (χ4n) is 6.65. The van der Waals surface area contributed by atoms with E-state index in [1.165, 1.54) is 31.6 Å². The van der Waals surface area contributed by atoms with Gasteiger partial charge >= 0.3 is 0 Å². The van der Waals surface area contributed by atoms with E-state index in [9.17, 15) is 9.90 Å². The molecule has 228 valence electrons. The highest BCUT2D eigenvalue weighted by Gasteiger charge is 2.27. The van der Waals surface area contributed by atoms with Crippen LogP contribution in [0.5, 0.6) is 0 Å². The van der Waals surface area contributed by atoms with E-state index in [0.29, 0.717) is 29.8 Å². The van der Waals surface area contributed by atoms with E-state index < -0.39 is 5.91 Å². The summed E-state index contributed by atoms with van der Waals surface area (Å²) in [6.07, 6.45) is 5.36. The van der Waals surface area contributed by atoms with Crippen LogP contribution in [0.3, 0.4) is 0 Å². The Morgan fingerprint density at radius 1 is 0.884 bits per heavy atom. The highest BCUT2D eigenvalue weighted by molar-refractivity contribution is 5.97. The number of hydrogen-bond donors (Lipinski definition) is 4. The molecular weight excluding hydrogens is 540 g/mol. The summed E-state index contributed by atoms with van der Waals surface area (Å²) in [6.45, 7) is 6.76. The molecule has 2 aliphatic heterocycles. The Bertz CT molecular complexity index is 1370. The van der Waals surface area contributed by atoms with Gasteiger partial charge in [0.15, 0.2) is 17.3 Å². The first-order chi connectivity index (χ1) is 20.9. The Hall–Kier alpha value is -3.73. The van der Waals surface area contributed by atoms with Crippen molar-refractivity contribution in [1.82, 2.24) is 19.8 Å². The van der Waals surface area contributed by atoms with Crippen LogP contribution < -0.4 is 21.3 Å². The summed E-state index contributed by atoms with van der Waals surface area (Å²) in [5.41, 5.74) is 9.30. The predicted octanol–water partition coefficient (Wildman–Crippen LogP) is 3.92. The number of piperazine rings is 1. The quantitative estimate of drug-likeness (QED) is 0.312. The monoisotopic (exact) mass is 584 g/mol. The van der Waals surface area contributed by atoms with Gasteiger partial charge in [-0.1, -0.05) is 30.3 Å². The number of nitrogens with zero attached hydrogens (tertiary/aromatic N) is 5. The van der Waals surface area contributed by atoms with Gasteiger partial charge in [0.1, 0.15) is 5.69 Å². The molecule has 43 heavy (non-hydrogen) atoms. The van der Waals surface area contributed by atoms with Gasteiger partial charge in [0, 0.05) is 68.3 Å². The Balaban J connectivity index is 1.18. The number of rotatable bonds is 8. The van der Waals surface area contributed by atoms with Crippen molar-refractivity contribution in [2.75, 3.05) is 61.8 Å². The second-order valence-corrected chi connectivity index (χ2v) is 12.2. The van der Waals surface area contributed by atoms with E-state index in [-0.39, 0.29) is 17.8 Å². The van der Waals surface area contributed by atoms with Crippen molar-refractivity contribution >= 4 is 28.9 Å². The van der Waals surface area contributed by atoms with Crippen molar-refractivity contribution in [2.45, 2.75) is 56.7 Å². The molecule has 1 aromatic heterocycles. The minimum atomic E-state index is -0.647. The van der Waals surface area contributed by atoms with Crippen LogP contribution in [0.25, 0.3) is 11.3 Å². The number of anilines is 4. The van der Waals surface area contributed by atoms with Crippen LogP contribution >= 0.6 is 0 Å². The highest BCUT2D eigenvalue weighted by atomic mass is 16.3. The highest BCUT2D eigenvalue weighted by Crippen LogP contribution is 2.32. The molecule has 3 aliphatic rings. The SMILES string of the molecule is CN1CCN(C2CCN(c3ccc(Nc4nc(N[C@H]5CCC[C@@H](O)C5)c(-c5ccccc5)nc4C(N)=O)cc3)CC2)CC1. The number of amides is 1. The van der Waals surface area contributed by atoms with Crippen molar-refractivity contribution in [3.05, 3.63) is 60.3 Å². The van der Waals surface area contributed by atoms with Gasteiger partial charge in [-0.25, -0.2) is 9.97 Å². The number of carbonyl (C=O) groups is 1. The molecule has 1 saturated carbocycles. The zero-order chi connectivity index (χ0) is 29.8. The average molecular weight is 585 g/mol. The second kappa shape index (κ2) is 13.3. The first-order valence-electron chi connectivity index (χ1n) is 15.7. The number of nitrogens with two attached hydrogens (primary N) is 1. The van der Waals surface area contributed by atoms with Crippen LogP contribution in [0.1, 0.15) is 49.0 Å². The van der Waals surface area contributed by atoms with Crippen molar-refractivity contribution in [2.24, 2.45) is 5.73 Å². The predicted molar refractivity (Wildman–Crippen MR) is 172 cm³/mol. The third-order valence-corrected chi connectivity index (χ3v) is 9.18. The van der Waals surface area contributed by atoms with Crippen molar-refractivity contribution < 1.29 is 9.90 Å². The smallest absolute Gasteiger partial charge is 0.271 e. The van der Waals surface area contributed by atoms with Crippen molar-refractivity contribution in [3.8, 4) is 11.3 Å². The van der Waals surface area contributed by atoms with Crippen LogP contribution in [-0.2, 0) is 0 Å². The molecule has 1 amide bonds. The number of aromatic nitrogens is 2. The number of hydrogen-bond acceptors (Lipinski definition) is 9. The lowest BCUT2D eigenvalue weighted by atomic mass is 9.93. The molecule has 1 aliphatic carbocycles. The van der Waals surface area contributed by atoms with E-state index >= 15 is 0 Å². The number of nitrogens with one attached hydrogen (secondary N) is 2. The molecule has 0 bridgehead atoms. The fourth-order valence-corrected chi connectivity index (χ4v) is 6.65. The summed E-state index contributed by atoms with van der Waals surface area (Å²) in [5.74, 6) is 0.232. The number of primary amides is 1. The molecule has 2 atom stereocenters. The van der Waals surface area contributed by atoms with Crippen molar-refractivity contribution in [1.29, 1.82) is 0 Å². The lowest BCUT2D eigenvalue weighted by Gasteiger charge is -2.42. The molecule has 0 unspecified atom stereocenters. The first kappa shape index (κ1) is 29.3. The van der Waals surface area contributed by atoms with Gasteiger partial charge in [-0.3, -0.25) is 9.69 Å². The van der Waals surface area contributed by atoms with Crippen molar-refractivity contribution in [3.63, 3.8) is 0 Å². The number of likely N-dealkylation sites (N-methyl/N-ethyl adjacent to an activating group) is 1. The Morgan fingerprint density at radius 3 is 2.28 bits per heavy atom. The molecule has 0 spiro atoms. The van der Waals surface area contributed by atoms with E-state index in [1.54, 1.807) is 0 Å². The maximum absolute atomic E-state index is 12.6. The molecule has 0 radical (unpaired) electrons. The summed E-state index contributed by atoms with van der Waals surface area (Å²) in [5, 5.41) is 17.1. The van der Waals surface area contributed by atoms with Crippen LogP contribution in [0.2, 0.25) is 0 Å². The van der Waals surface area contributed by atoms with Crippen LogP contribution in [0.4, 0.5) is 23.0 Å². The van der Waals surface area contributed by atoms with Gasteiger partial charge < -0.3 is 31.3 Å². The normalized spacial score (nSPS) is 22.3. The van der Waals surface area contributed by atoms with Gasteiger partial charge in [0.25, 0.3) is 5.91 Å². The van der Waals surface area contributed by atoms with Gasteiger partial charge in [0.05, 0.1) is 6.10 Å². The third kappa shape index (κ3) is 7.09. The van der Waals surface area contributed by atoms with Gasteiger partial charge in [-0.2, -0.15) is 0 Å². The molecule has 5 N–H and O–H groups in total. The Kier molecular flexibility index (Phi) is 9.06. The Morgan fingerprint density at radius 2 is 1.60 bits per heavy atom. The van der Waals surface area contributed by atoms with Gasteiger partial charge in [-0.05, 0) is 69.8 Å². The zero-order valence-corrected chi connectivity index (χ0v) is 25.1. The average Bonchev–Trinajstić information content (AvgIpc) is 3.02. The minimum Gasteiger partial charge on any atom is -0.393 e.